The van der Waals surface area contributed by atoms with E-state index in [1.54, 1.807) is 12.1 Å². The number of piperidine rings is 1. The smallest absolute Gasteiger partial charge is 0.224 e. The molecule has 1 aliphatic heterocycles. The predicted molar refractivity (Wildman–Crippen MR) is 101 cm³/mol. The van der Waals surface area contributed by atoms with Gasteiger partial charge in [0.25, 0.3) is 0 Å². The zero-order valence-corrected chi connectivity index (χ0v) is 16.4. The van der Waals surface area contributed by atoms with E-state index in [4.69, 9.17) is 11.6 Å². The van der Waals surface area contributed by atoms with Crippen molar-refractivity contribution >= 4 is 17.5 Å². The van der Waals surface area contributed by atoms with Gasteiger partial charge in [-0.15, -0.1) is 0 Å². The van der Waals surface area contributed by atoms with Gasteiger partial charge in [0, 0.05) is 29.7 Å². The average molecular weight is 369 g/mol. The van der Waals surface area contributed by atoms with E-state index in [-0.39, 0.29) is 23.7 Å². The van der Waals surface area contributed by atoms with Gasteiger partial charge in [0.2, 0.25) is 5.91 Å². The van der Waals surface area contributed by atoms with Crippen molar-refractivity contribution < 1.29 is 9.18 Å². The van der Waals surface area contributed by atoms with Gasteiger partial charge in [-0.05, 0) is 43.4 Å². The molecule has 1 aromatic carbocycles. The maximum absolute atomic E-state index is 14.0. The summed E-state index contributed by atoms with van der Waals surface area (Å²) < 4.78 is 14.0. The van der Waals surface area contributed by atoms with E-state index < -0.39 is 0 Å². The quantitative estimate of drug-likeness (QED) is 0.802. The van der Waals surface area contributed by atoms with Crippen molar-refractivity contribution in [2.75, 3.05) is 13.1 Å². The van der Waals surface area contributed by atoms with Gasteiger partial charge < -0.3 is 5.32 Å². The molecule has 0 radical (unpaired) electrons. The molecule has 0 aromatic heterocycles. The summed E-state index contributed by atoms with van der Waals surface area (Å²) in [6.45, 7) is 10.5. The van der Waals surface area contributed by atoms with Crippen LogP contribution in [0, 0.1) is 23.6 Å². The summed E-state index contributed by atoms with van der Waals surface area (Å²) in [6, 6.07) is 4.95. The zero-order valence-electron chi connectivity index (χ0n) is 15.7. The average Bonchev–Trinajstić information content (AvgIpc) is 2.55. The third-order valence-electron chi connectivity index (χ3n) is 5.07. The first-order valence-corrected chi connectivity index (χ1v) is 9.63. The molecule has 1 fully saturated rings. The Bertz CT molecular complexity index is 563. The van der Waals surface area contributed by atoms with Crippen molar-refractivity contribution in [2.24, 2.45) is 17.8 Å². The number of hydrogen-bond donors (Lipinski definition) is 1. The second kappa shape index (κ2) is 9.00. The highest BCUT2D eigenvalue weighted by molar-refractivity contribution is 6.31. The van der Waals surface area contributed by atoms with E-state index in [1.807, 2.05) is 0 Å². The van der Waals surface area contributed by atoms with E-state index >= 15 is 0 Å². The molecule has 2 rings (SSSR count). The Morgan fingerprint density at radius 2 is 2.00 bits per heavy atom. The minimum Gasteiger partial charge on any atom is -0.353 e. The van der Waals surface area contributed by atoms with Crippen molar-refractivity contribution in [2.45, 2.75) is 53.1 Å². The molecule has 3 nitrogen and oxygen atoms in total. The van der Waals surface area contributed by atoms with Crippen LogP contribution in [0.1, 0.15) is 46.1 Å². The number of nitrogens with one attached hydrogen (secondary N) is 1. The molecule has 1 heterocycles. The van der Waals surface area contributed by atoms with Gasteiger partial charge in [0.05, 0.1) is 5.92 Å². The first-order chi connectivity index (χ1) is 11.8. The summed E-state index contributed by atoms with van der Waals surface area (Å²) in [5.41, 5.74) is 0.521. The van der Waals surface area contributed by atoms with Gasteiger partial charge in [0.15, 0.2) is 0 Å². The molecular formula is C20H30ClFN2O. The molecule has 140 valence electrons. The fraction of sp³-hybridized carbons (Fsp3) is 0.650. The van der Waals surface area contributed by atoms with Crippen molar-refractivity contribution in [1.82, 2.24) is 10.2 Å². The van der Waals surface area contributed by atoms with Crippen LogP contribution < -0.4 is 5.32 Å². The monoisotopic (exact) mass is 368 g/mol. The Morgan fingerprint density at radius 1 is 1.32 bits per heavy atom. The van der Waals surface area contributed by atoms with Crippen molar-refractivity contribution in [1.29, 1.82) is 0 Å². The molecule has 5 heteroatoms. The normalized spacial score (nSPS) is 19.0. The van der Waals surface area contributed by atoms with Gasteiger partial charge in [-0.2, -0.15) is 0 Å². The van der Waals surface area contributed by atoms with Crippen LogP contribution in [-0.2, 0) is 11.3 Å². The first-order valence-electron chi connectivity index (χ1n) is 9.25. The summed E-state index contributed by atoms with van der Waals surface area (Å²) >= 11 is 6.14. The van der Waals surface area contributed by atoms with Crippen LogP contribution >= 0.6 is 11.6 Å². The van der Waals surface area contributed by atoms with Crippen LogP contribution in [0.4, 0.5) is 4.39 Å². The van der Waals surface area contributed by atoms with Crippen LogP contribution in [0.15, 0.2) is 18.2 Å². The second-order valence-corrected chi connectivity index (χ2v) is 8.20. The molecule has 0 saturated carbocycles. The standard InChI is InChI=1S/C20H30ClFN2O/c1-13(2)19(14(3)4)23-20(25)15-7-6-10-24(11-15)12-16-17(21)8-5-9-18(16)22/h5,8-9,13-15,19H,6-7,10-12H2,1-4H3,(H,23,25). The maximum atomic E-state index is 14.0. The minimum atomic E-state index is -0.279. The molecule has 25 heavy (non-hydrogen) atoms. The summed E-state index contributed by atoms with van der Waals surface area (Å²) in [4.78, 5) is 14.8. The van der Waals surface area contributed by atoms with E-state index in [0.717, 1.165) is 19.4 Å². The van der Waals surface area contributed by atoms with Gasteiger partial charge in [-0.25, -0.2) is 4.39 Å². The van der Waals surface area contributed by atoms with Gasteiger partial charge in [-0.3, -0.25) is 9.69 Å². The predicted octanol–water partition coefficient (Wildman–Crippen LogP) is 4.49. The largest absolute Gasteiger partial charge is 0.353 e. The van der Waals surface area contributed by atoms with E-state index in [2.05, 4.69) is 37.9 Å². The molecule has 1 saturated heterocycles. The van der Waals surface area contributed by atoms with E-state index in [9.17, 15) is 9.18 Å². The van der Waals surface area contributed by atoms with Crippen LogP contribution in [0.25, 0.3) is 0 Å². The number of nitrogens with zero attached hydrogens (tertiary/aromatic N) is 1. The Hall–Kier alpha value is -1.13. The van der Waals surface area contributed by atoms with Crippen LogP contribution in [0.2, 0.25) is 5.02 Å². The number of amides is 1. The maximum Gasteiger partial charge on any atom is 0.224 e. The molecular weight excluding hydrogens is 339 g/mol. The first kappa shape index (κ1) is 20.2. The number of carbonyl (C=O) groups is 1. The molecule has 1 atom stereocenters. The van der Waals surface area contributed by atoms with Crippen molar-refractivity contribution in [3.8, 4) is 0 Å². The molecule has 1 N–H and O–H groups in total. The molecule has 1 amide bonds. The summed E-state index contributed by atoms with van der Waals surface area (Å²) in [6.07, 6.45) is 1.83. The Kier molecular flexibility index (Phi) is 7.26. The van der Waals surface area contributed by atoms with E-state index in [1.165, 1.54) is 6.07 Å². The van der Waals surface area contributed by atoms with Crippen molar-refractivity contribution in [3.63, 3.8) is 0 Å². The van der Waals surface area contributed by atoms with Gasteiger partial charge >= 0.3 is 0 Å². The topological polar surface area (TPSA) is 32.3 Å². The molecule has 0 bridgehead atoms. The summed E-state index contributed by atoms with van der Waals surface area (Å²) in [5.74, 6) is 0.608. The lowest BCUT2D eigenvalue weighted by Crippen LogP contribution is -2.48. The lowest BCUT2D eigenvalue weighted by atomic mass is 9.91. The Morgan fingerprint density at radius 3 is 2.60 bits per heavy atom. The van der Waals surface area contributed by atoms with E-state index in [0.29, 0.717) is 35.5 Å². The number of hydrogen-bond acceptors (Lipinski definition) is 2. The Balaban J connectivity index is 1.99. The second-order valence-electron chi connectivity index (χ2n) is 7.80. The highest BCUT2D eigenvalue weighted by atomic mass is 35.5. The van der Waals surface area contributed by atoms with Crippen molar-refractivity contribution in [3.05, 3.63) is 34.6 Å². The third-order valence-corrected chi connectivity index (χ3v) is 5.42. The fourth-order valence-corrected chi connectivity index (χ4v) is 3.93. The van der Waals surface area contributed by atoms with Crippen LogP contribution in [0.3, 0.4) is 0 Å². The Labute approximate surface area is 155 Å². The molecule has 0 aliphatic carbocycles. The third kappa shape index (κ3) is 5.42. The minimum absolute atomic E-state index is 0.0423. The number of halogens is 2. The molecule has 1 unspecified atom stereocenters. The fourth-order valence-electron chi connectivity index (χ4n) is 3.71. The van der Waals surface area contributed by atoms with Crippen LogP contribution in [-0.4, -0.2) is 29.9 Å². The zero-order chi connectivity index (χ0) is 18.6. The summed E-state index contributed by atoms with van der Waals surface area (Å²) in [7, 11) is 0. The highest BCUT2D eigenvalue weighted by Gasteiger charge is 2.29. The number of rotatable bonds is 6. The highest BCUT2D eigenvalue weighted by Crippen LogP contribution is 2.25. The molecule has 1 aromatic rings. The lowest BCUT2D eigenvalue weighted by Gasteiger charge is -2.34. The lowest BCUT2D eigenvalue weighted by molar-refractivity contribution is -0.128. The number of benzene rings is 1. The van der Waals surface area contributed by atoms with Gasteiger partial charge in [-0.1, -0.05) is 45.4 Å². The number of carbonyl (C=O) groups excluding carboxylic acids is 1. The van der Waals surface area contributed by atoms with Gasteiger partial charge in [0.1, 0.15) is 5.82 Å². The van der Waals surface area contributed by atoms with Crippen LogP contribution in [0.5, 0.6) is 0 Å². The SMILES string of the molecule is CC(C)C(NC(=O)C1CCCN(Cc2c(F)cccc2Cl)C1)C(C)C. The number of likely N-dealkylation sites (tertiary alicyclic amines) is 1. The molecule has 1 aliphatic rings. The molecule has 0 spiro atoms. The summed E-state index contributed by atoms with van der Waals surface area (Å²) in [5, 5.41) is 3.68.